The quantitative estimate of drug-likeness (QED) is 0.122. The molecule has 3 saturated heterocycles. The number of aliphatic hydroxyl groups excluding tert-OH is 7. The molecule has 8 rings (SSSR count). The average Bonchev–Trinajstić information content (AvgIpc) is 3.43. The zero-order valence-corrected chi connectivity index (χ0v) is 32.9. The molecule has 7 N–H and O–H groups in total. The van der Waals surface area contributed by atoms with Crippen LogP contribution in [0.5, 0.6) is 0 Å². The van der Waals surface area contributed by atoms with Gasteiger partial charge in [-0.1, -0.05) is 60.1 Å². The highest BCUT2D eigenvalue weighted by atomic mass is 16.8. The van der Waals surface area contributed by atoms with Crippen LogP contribution in [0.2, 0.25) is 0 Å². The maximum Gasteiger partial charge on any atom is 0.315 e. The van der Waals surface area contributed by atoms with E-state index in [9.17, 15) is 40.5 Å². The van der Waals surface area contributed by atoms with Crippen molar-refractivity contribution >= 4 is 5.97 Å². The highest BCUT2D eigenvalue weighted by Gasteiger charge is 2.74. The molecule has 13 nitrogen and oxygen atoms in total. The van der Waals surface area contributed by atoms with E-state index in [4.69, 9.17) is 23.7 Å². The van der Waals surface area contributed by atoms with Gasteiger partial charge in [0.25, 0.3) is 0 Å². The van der Waals surface area contributed by atoms with Gasteiger partial charge in [-0.2, -0.15) is 0 Å². The number of rotatable bonds is 5. The molecule has 2 bridgehead atoms. The molecule has 8 aliphatic rings. The molecule has 0 radical (unpaired) electrons. The summed E-state index contributed by atoms with van der Waals surface area (Å²) >= 11 is 0. The Morgan fingerprint density at radius 1 is 0.815 bits per heavy atom. The fourth-order valence-electron chi connectivity index (χ4n) is 13.9. The van der Waals surface area contributed by atoms with Crippen molar-refractivity contribution in [2.24, 2.45) is 50.2 Å². The average molecular weight is 765 g/mol. The number of allylic oxidation sites excluding steroid dienone is 2. The molecule has 1 spiro atoms. The van der Waals surface area contributed by atoms with Crippen LogP contribution in [0.15, 0.2) is 11.6 Å². The van der Waals surface area contributed by atoms with Crippen molar-refractivity contribution in [3.8, 4) is 0 Å². The Morgan fingerprint density at radius 2 is 1.54 bits per heavy atom. The number of aliphatic hydroxyl groups is 7. The molecular formula is C41H64O13. The minimum absolute atomic E-state index is 0.0490. The summed E-state index contributed by atoms with van der Waals surface area (Å²) in [5.41, 5.74) is -0.593. The lowest BCUT2D eigenvalue weighted by molar-refractivity contribution is -0.370. The molecule has 13 heteroatoms. The zero-order valence-electron chi connectivity index (χ0n) is 32.9. The van der Waals surface area contributed by atoms with Crippen molar-refractivity contribution in [1.82, 2.24) is 0 Å². The first-order chi connectivity index (χ1) is 25.2. The topological polar surface area (TPSA) is 205 Å². The Hall–Kier alpha value is -1.23. The summed E-state index contributed by atoms with van der Waals surface area (Å²) < 4.78 is 30.3. The molecule has 4 saturated carbocycles. The minimum atomic E-state index is -1.63. The van der Waals surface area contributed by atoms with Crippen LogP contribution >= 0.6 is 0 Å². The maximum absolute atomic E-state index is 13.7. The molecule has 54 heavy (non-hydrogen) atoms. The number of hydrogen-bond donors (Lipinski definition) is 7. The molecule has 0 aromatic carbocycles. The summed E-state index contributed by atoms with van der Waals surface area (Å²) in [6, 6.07) is 0. The van der Waals surface area contributed by atoms with Gasteiger partial charge in [-0.3, -0.25) is 4.79 Å². The predicted molar refractivity (Wildman–Crippen MR) is 191 cm³/mol. The van der Waals surface area contributed by atoms with Crippen molar-refractivity contribution in [2.75, 3.05) is 13.2 Å². The van der Waals surface area contributed by atoms with E-state index in [1.165, 1.54) is 5.57 Å². The van der Waals surface area contributed by atoms with Gasteiger partial charge >= 0.3 is 5.97 Å². The normalized spacial score (nSPS) is 56.1. The van der Waals surface area contributed by atoms with Gasteiger partial charge in [0, 0.05) is 11.8 Å². The van der Waals surface area contributed by atoms with E-state index in [2.05, 4.69) is 54.5 Å². The summed E-state index contributed by atoms with van der Waals surface area (Å²) in [5, 5.41) is 75.0. The van der Waals surface area contributed by atoms with Gasteiger partial charge in [0.2, 0.25) is 0 Å². The Morgan fingerprint density at radius 3 is 2.24 bits per heavy atom. The molecule has 306 valence electrons. The van der Waals surface area contributed by atoms with E-state index in [0.29, 0.717) is 25.2 Å². The molecule has 7 fully saturated rings. The largest absolute Gasteiger partial charge is 0.461 e. The van der Waals surface area contributed by atoms with E-state index in [1.54, 1.807) is 0 Å². The Kier molecular flexibility index (Phi) is 9.45. The van der Waals surface area contributed by atoms with Gasteiger partial charge in [0.15, 0.2) is 12.6 Å². The second kappa shape index (κ2) is 12.9. The van der Waals surface area contributed by atoms with Crippen LogP contribution in [0.25, 0.3) is 0 Å². The number of hydrogen-bond acceptors (Lipinski definition) is 13. The third-order valence-electron chi connectivity index (χ3n) is 17.3. The number of ether oxygens (including phenoxy) is 5. The molecule has 0 amide bonds. The van der Waals surface area contributed by atoms with Gasteiger partial charge in [0.05, 0.1) is 25.4 Å². The highest BCUT2D eigenvalue weighted by Crippen LogP contribution is 2.76. The number of esters is 1. The van der Waals surface area contributed by atoms with Crippen LogP contribution in [0, 0.1) is 50.2 Å². The van der Waals surface area contributed by atoms with E-state index in [-0.39, 0.29) is 58.3 Å². The first-order valence-electron chi connectivity index (χ1n) is 20.4. The molecule has 3 aliphatic heterocycles. The standard InChI is InChI=1S/C41H64O13/c1-36(2)14-20-19-8-9-24-38(5)12-11-26(52-34-32(30(47)29(46)22(17-42)51-34)54-33-31(48)28(45)21(43)18-50-33)37(3,4)23(38)10-13-39(24,6)40(19,7)15-25(44)41(20)16-27(36)53-35(41)49/h8,20-34,42-48H,9-18H2,1-7H3/t20-,21+,22-,23+,24-,25+,26+,27+,28+,29-,30+,31-,32-,33+,34+,38+,39-,40-,41-/m1/s1. The Bertz CT molecular complexity index is 1520. The third kappa shape index (κ3) is 5.25. The fourth-order valence-corrected chi connectivity index (χ4v) is 13.9. The predicted octanol–water partition coefficient (Wildman–Crippen LogP) is 1.94. The summed E-state index contributed by atoms with van der Waals surface area (Å²) in [6.45, 7) is 15.2. The lowest BCUT2D eigenvalue weighted by Gasteiger charge is -2.71. The lowest BCUT2D eigenvalue weighted by atomic mass is 9.33. The second-order valence-electron chi connectivity index (χ2n) is 20.4. The van der Waals surface area contributed by atoms with Gasteiger partial charge in [-0.25, -0.2) is 0 Å². The first-order valence-corrected chi connectivity index (χ1v) is 20.4. The van der Waals surface area contributed by atoms with Crippen LogP contribution in [-0.4, -0.2) is 129 Å². The summed E-state index contributed by atoms with van der Waals surface area (Å²) in [4.78, 5) is 13.7. The van der Waals surface area contributed by atoms with Gasteiger partial charge in [-0.05, 0) is 84.4 Å². The molecule has 0 aromatic rings. The molecule has 19 atom stereocenters. The van der Waals surface area contributed by atoms with E-state index < -0.39 is 78.8 Å². The van der Waals surface area contributed by atoms with Crippen LogP contribution in [-0.2, 0) is 28.5 Å². The second-order valence-corrected chi connectivity index (χ2v) is 20.4. The molecule has 3 heterocycles. The summed E-state index contributed by atoms with van der Waals surface area (Å²) in [5.74, 6) is 0.268. The highest BCUT2D eigenvalue weighted by molar-refractivity contribution is 5.82. The van der Waals surface area contributed by atoms with Crippen LogP contribution in [0.1, 0.15) is 99.8 Å². The lowest BCUT2D eigenvalue weighted by Crippen LogP contribution is -2.67. The third-order valence-corrected chi connectivity index (χ3v) is 17.3. The molecular weight excluding hydrogens is 700 g/mol. The monoisotopic (exact) mass is 764 g/mol. The van der Waals surface area contributed by atoms with Crippen molar-refractivity contribution in [3.05, 3.63) is 11.6 Å². The molecule has 0 aromatic heterocycles. The zero-order chi connectivity index (χ0) is 39.1. The fraction of sp³-hybridized carbons (Fsp3) is 0.927. The van der Waals surface area contributed by atoms with Gasteiger partial charge in [-0.15, -0.1) is 0 Å². The summed E-state index contributed by atoms with van der Waals surface area (Å²) in [6.07, 6.45) is -5.40. The van der Waals surface area contributed by atoms with Gasteiger partial charge < -0.3 is 59.4 Å². The maximum atomic E-state index is 13.7. The van der Waals surface area contributed by atoms with Crippen LogP contribution in [0.4, 0.5) is 0 Å². The van der Waals surface area contributed by atoms with E-state index in [0.717, 1.165) is 32.1 Å². The van der Waals surface area contributed by atoms with Crippen molar-refractivity contribution in [2.45, 2.75) is 173 Å². The van der Waals surface area contributed by atoms with Crippen LogP contribution < -0.4 is 0 Å². The molecule has 5 aliphatic carbocycles. The first kappa shape index (κ1) is 39.6. The Balaban J connectivity index is 1.06. The van der Waals surface area contributed by atoms with E-state index >= 15 is 0 Å². The summed E-state index contributed by atoms with van der Waals surface area (Å²) in [7, 11) is 0. The van der Waals surface area contributed by atoms with Crippen molar-refractivity contribution < 1.29 is 64.2 Å². The smallest absolute Gasteiger partial charge is 0.315 e. The SMILES string of the molecule is CC1(C)C[C@@H]2C3=CC[C@@H]4[C@@]5(C)CC[C@H](O[C@@H]6O[C@H](CO)[C@@H](O)[C@H](O)[C@H]6O[C@@H]6OC[C@H](O)[C@H](O)[C@H]6O)C(C)(C)[C@@H]5CC[C@@]4(C)[C@]3(C)C[C@H](O)[C@@]23C[C@@H]1OC3=O. The number of fused-ring (bicyclic) bond motifs is 7. The molecule has 0 unspecified atom stereocenters. The Labute approximate surface area is 318 Å². The van der Waals surface area contributed by atoms with Crippen molar-refractivity contribution in [1.29, 1.82) is 0 Å². The van der Waals surface area contributed by atoms with Crippen molar-refractivity contribution in [3.63, 3.8) is 0 Å². The number of carbonyl (C=O) groups is 1. The number of carbonyl (C=O) groups excluding carboxylic acids is 1. The van der Waals surface area contributed by atoms with E-state index in [1.807, 2.05) is 0 Å². The van der Waals surface area contributed by atoms with Gasteiger partial charge in [0.1, 0.15) is 54.2 Å². The van der Waals surface area contributed by atoms with Crippen LogP contribution in [0.3, 0.4) is 0 Å². The minimum Gasteiger partial charge on any atom is -0.461 e.